The molecule has 0 heterocycles. The average molecular weight is 271 g/mol. The summed E-state index contributed by atoms with van der Waals surface area (Å²) in [5.41, 5.74) is 1.63. The van der Waals surface area contributed by atoms with E-state index in [1.807, 2.05) is 26.0 Å². The molecule has 0 saturated heterocycles. The number of hydrogen-bond acceptors (Lipinski definition) is 2. The summed E-state index contributed by atoms with van der Waals surface area (Å²) in [6.45, 7) is 4.56. The summed E-state index contributed by atoms with van der Waals surface area (Å²) in [5, 5.41) is 14.7. The third-order valence-corrected chi connectivity index (χ3v) is 2.93. The first kappa shape index (κ1) is 14.8. The van der Waals surface area contributed by atoms with Crippen molar-refractivity contribution in [3.63, 3.8) is 0 Å². The van der Waals surface area contributed by atoms with Crippen molar-refractivity contribution in [1.82, 2.24) is 5.32 Å². The summed E-state index contributed by atoms with van der Waals surface area (Å²) >= 11 is 5.98. The maximum absolute atomic E-state index is 11.6. The van der Waals surface area contributed by atoms with Crippen LogP contribution in [-0.4, -0.2) is 24.3 Å². The van der Waals surface area contributed by atoms with Crippen molar-refractivity contribution in [2.45, 2.75) is 20.3 Å². The number of benzene rings is 1. The molecular formula is C13H19ClN2O2. The second-order valence-corrected chi connectivity index (χ2v) is 4.84. The molecule has 5 heteroatoms. The van der Waals surface area contributed by atoms with E-state index in [1.54, 1.807) is 6.07 Å². The van der Waals surface area contributed by atoms with Crippen molar-refractivity contribution in [1.29, 1.82) is 0 Å². The van der Waals surface area contributed by atoms with Crippen LogP contribution in [0.2, 0.25) is 5.02 Å². The molecule has 1 aromatic carbocycles. The Bertz CT molecular complexity index is 410. The SMILES string of the molecule is Cc1ccc(Cl)c(NC(=O)NCC(C)CCO)c1. The van der Waals surface area contributed by atoms with Gasteiger partial charge in [0.1, 0.15) is 0 Å². The maximum atomic E-state index is 11.6. The Kier molecular flexibility index (Phi) is 5.95. The number of nitrogens with one attached hydrogen (secondary N) is 2. The van der Waals surface area contributed by atoms with Crippen LogP contribution >= 0.6 is 11.6 Å². The molecule has 0 aliphatic carbocycles. The number of aliphatic hydroxyl groups is 1. The number of rotatable bonds is 5. The molecule has 0 spiro atoms. The molecule has 100 valence electrons. The van der Waals surface area contributed by atoms with Crippen LogP contribution in [-0.2, 0) is 0 Å². The van der Waals surface area contributed by atoms with Gasteiger partial charge in [0.05, 0.1) is 10.7 Å². The monoisotopic (exact) mass is 270 g/mol. The molecule has 0 saturated carbocycles. The number of carbonyl (C=O) groups excluding carboxylic acids is 1. The van der Waals surface area contributed by atoms with Crippen LogP contribution in [0.25, 0.3) is 0 Å². The lowest BCUT2D eigenvalue weighted by Gasteiger charge is -2.13. The van der Waals surface area contributed by atoms with Crippen LogP contribution in [0.5, 0.6) is 0 Å². The zero-order chi connectivity index (χ0) is 13.5. The Labute approximate surface area is 112 Å². The second-order valence-electron chi connectivity index (χ2n) is 4.44. The highest BCUT2D eigenvalue weighted by atomic mass is 35.5. The molecule has 0 radical (unpaired) electrons. The van der Waals surface area contributed by atoms with E-state index in [4.69, 9.17) is 16.7 Å². The van der Waals surface area contributed by atoms with Crippen LogP contribution in [0, 0.1) is 12.8 Å². The van der Waals surface area contributed by atoms with Gasteiger partial charge < -0.3 is 15.7 Å². The number of hydrogen-bond donors (Lipinski definition) is 3. The van der Waals surface area contributed by atoms with Crippen LogP contribution in [0.15, 0.2) is 18.2 Å². The lowest BCUT2D eigenvalue weighted by Crippen LogP contribution is -2.32. The number of urea groups is 1. The normalized spacial score (nSPS) is 12.0. The van der Waals surface area contributed by atoms with E-state index in [0.29, 0.717) is 23.7 Å². The predicted octanol–water partition coefficient (Wildman–Crippen LogP) is 2.79. The first-order valence-electron chi connectivity index (χ1n) is 5.94. The van der Waals surface area contributed by atoms with E-state index in [0.717, 1.165) is 5.56 Å². The maximum Gasteiger partial charge on any atom is 0.319 e. The highest BCUT2D eigenvalue weighted by molar-refractivity contribution is 6.33. The van der Waals surface area contributed by atoms with Crippen LogP contribution in [0.4, 0.5) is 10.5 Å². The zero-order valence-electron chi connectivity index (χ0n) is 10.7. The minimum atomic E-state index is -0.285. The summed E-state index contributed by atoms with van der Waals surface area (Å²) in [6, 6.07) is 5.17. The zero-order valence-corrected chi connectivity index (χ0v) is 11.4. The van der Waals surface area contributed by atoms with Crippen LogP contribution < -0.4 is 10.6 Å². The van der Waals surface area contributed by atoms with E-state index in [1.165, 1.54) is 0 Å². The minimum absolute atomic E-state index is 0.133. The number of anilines is 1. The van der Waals surface area contributed by atoms with Crippen molar-refractivity contribution in [3.8, 4) is 0 Å². The third-order valence-electron chi connectivity index (χ3n) is 2.60. The summed E-state index contributed by atoms with van der Waals surface area (Å²) in [7, 11) is 0. The van der Waals surface area contributed by atoms with Crippen LogP contribution in [0.3, 0.4) is 0 Å². The molecule has 0 bridgehead atoms. The molecule has 1 unspecified atom stereocenters. The Hall–Kier alpha value is -1.26. The molecule has 1 rings (SSSR count). The number of aryl methyl sites for hydroxylation is 1. The van der Waals surface area contributed by atoms with Crippen molar-refractivity contribution in [2.75, 3.05) is 18.5 Å². The van der Waals surface area contributed by atoms with Gasteiger partial charge in [-0.2, -0.15) is 0 Å². The van der Waals surface area contributed by atoms with Gasteiger partial charge in [0.2, 0.25) is 0 Å². The highest BCUT2D eigenvalue weighted by Gasteiger charge is 2.07. The largest absolute Gasteiger partial charge is 0.396 e. The van der Waals surface area contributed by atoms with Crippen molar-refractivity contribution in [3.05, 3.63) is 28.8 Å². The Balaban J connectivity index is 2.47. The van der Waals surface area contributed by atoms with Crippen molar-refractivity contribution >= 4 is 23.3 Å². The lowest BCUT2D eigenvalue weighted by molar-refractivity contribution is 0.243. The molecule has 0 fully saturated rings. The Morgan fingerprint density at radius 2 is 2.22 bits per heavy atom. The van der Waals surface area contributed by atoms with E-state index in [9.17, 15) is 4.79 Å². The van der Waals surface area contributed by atoms with Crippen molar-refractivity contribution < 1.29 is 9.90 Å². The first-order valence-corrected chi connectivity index (χ1v) is 6.32. The van der Waals surface area contributed by atoms with Gasteiger partial charge in [-0.25, -0.2) is 4.79 Å². The molecule has 3 N–H and O–H groups in total. The molecule has 1 aromatic rings. The number of amides is 2. The number of carbonyl (C=O) groups is 1. The molecular weight excluding hydrogens is 252 g/mol. The van der Waals surface area contributed by atoms with Gasteiger partial charge >= 0.3 is 6.03 Å². The van der Waals surface area contributed by atoms with E-state index in [-0.39, 0.29) is 18.6 Å². The molecule has 18 heavy (non-hydrogen) atoms. The topological polar surface area (TPSA) is 61.4 Å². The summed E-state index contributed by atoms with van der Waals surface area (Å²) in [6.07, 6.45) is 0.672. The molecule has 0 aromatic heterocycles. The fourth-order valence-corrected chi connectivity index (χ4v) is 1.66. The summed E-state index contributed by atoms with van der Waals surface area (Å²) < 4.78 is 0. The van der Waals surface area contributed by atoms with Gasteiger partial charge in [0, 0.05) is 13.2 Å². The molecule has 1 atom stereocenters. The second kappa shape index (κ2) is 7.24. The molecule has 0 aliphatic rings. The third kappa shape index (κ3) is 4.94. The number of aliphatic hydroxyl groups excluding tert-OH is 1. The molecule has 2 amide bonds. The van der Waals surface area contributed by atoms with Gasteiger partial charge in [0.15, 0.2) is 0 Å². The minimum Gasteiger partial charge on any atom is -0.396 e. The quantitative estimate of drug-likeness (QED) is 0.770. The van der Waals surface area contributed by atoms with Gasteiger partial charge in [0.25, 0.3) is 0 Å². The highest BCUT2D eigenvalue weighted by Crippen LogP contribution is 2.22. The van der Waals surface area contributed by atoms with Gasteiger partial charge in [-0.05, 0) is 37.0 Å². The van der Waals surface area contributed by atoms with E-state index >= 15 is 0 Å². The van der Waals surface area contributed by atoms with Gasteiger partial charge in [-0.1, -0.05) is 24.6 Å². The fourth-order valence-electron chi connectivity index (χ4n) is 1.49. The Morgan fingerprint density at radius 3 is 2.89 bits per heavy atom. The van der Waals surface area contributed by atoms with E-state index in [2.05, 4.69) is 10.6 Å². The lowest BCUT2D eigenvalue weighted by atomic mass is 10.1. The standard InChI is InChI=1S/C13H19ClN2O2/c1-9-3-4-11(14)12(7-9)16-13(18)15-8-10(2)5-6-17/h3-4,7,10,17H,5-6,8H2,1-2H3,(H2,15,16,18). The Morgan fingerprint density at radius 1 is 1.50 bits per heavy atom. The fraction of sp³-hybridized carbons (Fsp3) is 0.462. The first-order chi connectivity index (χ1) is 8.52. The van der Waals surface area contributed by atoms with Crippen LogP contribution in [0.1, 0.15) is 18.9 Å². The molecule has 0 aliphatic heterocycles. The average Bonchev–Trinajstić information content (AvgIpc) is 2.32. The van der Waals surface area contributed by atoms with Crippen molar-refractivity contribution in [2.24, 2.45) is 5.92 Å². The summed E-state index contributed by atoms with van der Waals surface area (Å²) in [5.74, 6) is 0.244. The summed E-state index contributed by atoms with van der Waals surface area (Å²) in [4.78, 5) is 11.6. The van der Waals surface area contributed by atoms with E-state index < -0.39 is 0 Å². The van der Waals surface area contributed by atoms with Gasteiger partial charge in [-0.15, -0.1) is 0 Å². The van der Waals surface area contributed by atoms with Gasteiger partial charge in [-0.3, -0.25) is 0 Å². The number of halogens is 1. The predicted molar refractivity (Wildman–Crippen MR) is 74.1 cm³/mol. The molecule has 4 nitrogen and oxygen atoms in total. The smallest absolute Gasteiger partial charge is 0.319 e.